The highest BCUT2D eigenvalue weighted by Gasteiger charge is 2.23. The smallest absolute Gasteiger partial charge is 0.269 e. The Balaban J connectivity index is 2.16. The van der Waals surface area contributed by atoms with Crippen molar-refractivity contribution in [3.63, 3.8) is 0 Å². The third-order valence-corrected chi connectivity index (χ3v) is 5.60. The minimum Gasteiger partial charge on any atom is -0.323 e. The highest BCUT2D eigenvalue weighted by atomic mass is 35.5. The molecular weight excluding hydrogens is 354 g/mol. The minimum atomic E-state index is -3.79. The van der Waals surface area contributed by atoms with E-state index >= 15 is 0 Å². The zero-order valence-corrected chi connectivity index (χ0v) is 14.4. The van der Waals surface area contributed by atoms with Crippen LogP contribution in [0.2, 0.25) is 5.02 Å². The second-order valence-electron chi connectivity index (χ2n) is 5.19. The van der Waals surface area contributed by atoms with Crippen molar-refractivity contribution in [1.82, 2.24) is 4.31 Å². The van der Waals surface area contributed by atoms with Crippen molar-refractivity contribution in [2.45, 2.75) is 10.9 Å². The number of nitro benzene ring substituents is 1. The van der Waals surface area contributed by atoms with Crippen LogP contribution >= 0.6 is 11.6 Å². The molecule has 7 nitrogen and oxygen atoms in total. The molecular formula is C15H16ClN3O4S. The van der Waals surface area contributed by atoms with Crippen molar-refractivity contribution in [3.8, 4) is 0 Å². The Hall–Kier alpha value is -2.00. The van der Waals surface area contributed by atoms with Crippen molar-refractivity contribution >= 4 is 27.3 Å². The van der Waals surface area contributed by atoms with Gasteiger partial charge in [0.05, 0.1) is 9.82 Å². The maximum Gasteiger partial charge on any atom is 0.269 e. The fourth-order valence-corrected chi connectivity index (χ4v) is 3.43. The van der Waals surface area contributed by atoms with Gasteiger partial charge in [-0.1, -0.05) is 23.7 Å². The summed E-state index contributed by atoms with van der Waals surface area (Å²) in [6.07, 6.45) is 0. The average molecular weight is 370 g/mol. The maximum absolute atomic E-state index is 12.5. The number of likely N-dealkylation sites (N-methyl/N-ethyl adjacent to an activating group) is 1. The van der Waals surface area contributed by atoms with Crippen molar-refractivity contribution in [3.05, 3.63) is 69.2 Å². The quantitative estimate of drug-likeness (QED) is 0.622. The molecule has 0 amide bonds. The topological polar surface area (TPSA) is 107 Å². The number of benzene rings is 2. The predicted molar refractivity (Wildman–Crippen MR) is 91.3 cm³/mol. The van der Waals surface area contributed by atoms with Gasteiger partial charge in [0.2, 0.25) is 10.0 Å². The summed E-state index contributed by atoms with van der Waals surface area (Å²) in [5.74, 6) is 0. The molecule has 1 atom stereocenters. The summed E-state index contributed by atoms with van der Waals surface area (Å²) in [6.45, 7) is 0.0565. The van der Waals surface area contributed by atoms with E-state index in [4.69, 9.17) is 17.3 Å². The normalized spacial score (nSPS) is 13.0. The van der Waals surface area contributed by atoms with E-state index in [-0.39, 0.29) is 17.1 Å². The van der Waals surface area contributed by atoms with Crippen LogP contribution in [0.3, 0.4) is 0 Å². The van der Waals surface area contributed by atoms with Gasteiger partial charge in [0.1, 0.15) is 0 Å². The molecule has 0 unspecified atom stereocenters. The van der Waals surface area contributed by atoms with E-state index in [9.17, 15) is 18.5 Å². The van der Waals surface area contributed by atoms with Crippen LogP contribution in [0.15, 0.2) is 53.4 Å². The van der Waals surface area contributed by atoms with Gasteiger partial charge in [-0.15, -0.1) is 0 Å². The molecule has 2 aromatic carbocycles. The Kier molecular flexibility index (Phi) is 5.55. The fraction of sp³-hybridized carbons (Fsp3) is 0.200. The van der Waals surface area contributed by atoms with Gasteiger partial charge in [-0.3, -0.25) is 10.1 Å². The van der Waals surface area contributed by atoms with Gasteiger partial charge in [0.25, 0.3) is 5.69 Å². The van der Waals surface area contributed by atoms with Crippen LogP contribution in [0, 0.1) is 10.1 Å². The molecule has 2 N–H and O–H groups in total. The van der Waals surface area contributed by atoms with Crippen LogP contribution in [0.5, 0.6) is 0 Å². The summed E-state index contributed by atoms with van der Waals surface area (Å²) < 4.78 is 26.1. The number of halogens is 1. The summed E-state index contributed by atoms with van der Waals surface area (Å²) in [4.78, 5) is 10.0. The van der Waals surface area contributed by atoms with E-state index < -0.39 is 21.0 Å². The highest BCUT2D eigenvalue weighted by molar-refractivity contribution is 7.89. The van der Waals surface area contributed by atoms with Gasteiger partial charge in [-0.25, -0.2) is 8.42 Å². The largest absolute Gasteiger partial charge is 0.323 e. The lowest BCUT2D eigenvalue weighted by Gasteiger charge is -2.21. The molecule has 0 saturated carbocycles. The van der Waals surface area contributed by atoms with Gasteiger partial charge >= 0.3 is 0 Å². The van der Waals surface area contributed by atoms with Crippen LogP contribution in [0.1, 0.15) is 11.6 Å². The molecule has 0 heterocycles. The van der Waals surface area contributed by atoms with Crippen LogP contribution < -0.4 is 5.73 Å². The number of nitrogens with two attached hydrogens (primary N) is 1. The number of hydrogen-bond acceptors (Lipinski definition) is 5. The molecule has 0 spiro atoms. The first-order chi connectivity index (χ1) is 11.2. The van der Waals surface area contributed by atoms with Crippen LogP contribution in [0.4, 0.5) is 5.69 Å². The number of nitrogens with zero attached hydrogens (tertiary/aromatic N) is 2. The standard InChI is InChI=1S/C15H16ClN3O4S/c1-18(10-15(17)11-2-4-12(16)5-3-11)24(22,23)14-8-6-13(7-9-14)19(20)21/h2-9,15H,10,17H2,1H3/t15-/m1/s1. The molecule has 0 aromatic heterocycles. The van der Waals surface area contributed by atoms with Crippen LogP contribution in [-0.2, 0) is 10.0 Å². The Morgan fingerprint density at radius 3 is 2.21 bits per heavy atom. The van der Waals surface area contributed by atoms with E-state index in [0.717, 1.165) is 22.0 Å². The Labute approximate surface area is 144 Å². The monoisotopic (exact) mass is 369 g/mol. The van der Waals surface area contributed by atoms with Gasteiger partial charge in [0.15, 0.2) is 0 Å². The Morgan fingerprint density at radius 2 is 1.71 bits per heavy atom. The molecule has 2 aromatic rings. The van der Waals surface area contributed by atoms with Crippen molar-refractivity contribution in [2.24, 2.45) is 5.73 Å². The Bertz CT molecular complexity index is 823. The summed E-state index contributed by atoms with van der Waals surface area (Å²) >= 11 is 5.81. The van der Waals surface area contributed by atoms with E-state index in [0.29, 0.717) is 5.02 Å². The van der Waals surface area contributed by atoms with Gasteiger partial charge < -0.3 is 5.73 Å². The van der Waals surface area contributed by atoms with E-state index in [1.165, 1.54) is 19.2 Å². The number of hydrogen-bond donors (Lipinski definition) is 1. The second kappa shape index (κ2) is 7.27. The number of rotatable bonds is 6. The Morgan fingerprint density at radius 1 is 1.17 bits per heavy atom. The molecule has 0 aliphatic carbocycles. The van der Waals surface area contributed by atoms with Crippen molar-refractivity contribution in [2.75, 3.05) is 13.6 Å². The minimum absolute atomic E-state index is 0.0288. The summed E-state index contributed by atoms with van der Waals surface area (Å²) in [7, 11) is -2.38. The second-order valence-corrected chi connectivity index (χ2v) is 7.68. The van der Waals surface area contributed by atoms with E-state index in [2.05, 4.69) is 0 Å². The summed E-state index contributed by atoms with van der Waals surface area (Å²) in [5, 5.41) is 11.2. The maximum atomic E-state index is 12.5. The van der Waals surface area contributed by atoms with Gasteiger partial charge in [0, 0.05) is 36.8 Å². The van der Waals surface area contributed by atoms with Crippen LogP contribution in [-0.4, -0.2) is 31.2 Å². The third-order valence-electron chi connectivity index (χ3n) is 3.51. The zero-order valence-electron chi connectivity index (χ0n) is 12.8. The first kappa shape index (κ1) is 18.3. The first-order valence-corrected chi connectivity index (χ1v) is 8.75. The van der Waals surface area contributed by atoms with Crippen molar-refractivity contribution in [1.29, 1.82) is 0 Å². The third kappa shape index (κ3) is 4.09. The first-order valence-electron chi connectivity index (χ1n) is 6.93. The molecule has 0 saturated heterocycles. The molecule has 0 bridgehead atoms. The summed E-state index contributed by atoms with van der Waals surface area (Å²) in [6, 6.07) is 11.0. The lowest BCUT2D eigenvalue weighted by atomic mass is 10.1. The molecule has 128 valence electrons. The van der Waals surface area contributed by atoms with Gasteiger partial charge in [-0.05, 0) is 29.8 Å². The average Bonchev–Trinajstić information content (AvgIpc) is 2.55. The fourth-order valence-electron chi connectivity index (χ4n) is 2.11. The number of sulfonamides is 1. The summed E-state index contributed by atoms with van der Waals surface area (Å²) in [5.41, 5.74) is 6.63. The van der Waals surface area contributed by atoms with Crippen molar-refractivity contribution < 1.29 is 13.3 Å². The molecule has 9 heteroatoms. The SMILES string of the molecule is CN(C[C@@H](N)c1ccc(Cl)cc1)S(=O)(=O)c1ccc([N+](=O)[O-])cc1. The number of non-ortho nitro benzene ring substituents is 1. The molecule has 0 fully saturated rings. The predicted octanol–water partition coefficient (Wildman–Crippen LogP) is 2.57. The molecule has 0 aliphatic heterocycles. The molecule has 24 heavy (non-hydrogen) atoms. The molecule has 0 aliphatic rings. The molecule has 0 radical (unpaired) electrons. The zero-order chi connectivity index (χ0) is 17.9. The molecule has 2 rings (SSSR count). The van der Waals surface area contributed by atoms with E-state index in [1.807, 2.05) is 0 Å². The lowest BCUT2D eigenvalue weighted by Crippen LogP contribution is -2.34. The highest BCUT2D eigenvalue weighted by Crippen LogP contribution is 2.21. The van der Waals surface area contributed by atoms with Crippen LogP contribution in [0.25, 0.3) is 0 Å². The van der Waals surface area contributed by atoms with Gasteiger partial charge in [-0.2, -0.15) is 4.31 Å². The van der Waals surface area contributed by atoms with E-state index in [1.54, 1.807) is 24.3 Å². The lowest BCUT2D eigenvalue weighted by molar-refractivity contribution is -0.384. The number of nitro groups is 1.